The van der Waals surface area contributed by atoms with Crippen LogP contribution in [0, 0.1) is 0 Å². The molecule has 2 aromatic rings. The lowest BCUT2D eigenvalue weighted by Gasteiger charge is -2.40. The Morgan fingerprint density at radius 1 is 1.22 bits per heavy atom. The fourth-order valence-corrected chi connectivity index (χ4v) is 4.84. The summed E-state index contributed by atoms with van der Waals surface area (Å²) >= 11 is 0. The van der Waals surface area contributed by atoms with Gasteiger partial charge in [0.1, 0.15) is 5.60 Å². The van der Waals surface area contributed by atoms with Crippen LogP contribution < -0.4 is 9.47 Å². The van der Waals surface area contributed by atoms with Gasteiger partial charge in [-0.3, -0.25) is 9.69 Å². The largest absolute Gasteiger partial charge is 0.490 e. The number of rotatable bonds is 7. The molecule has 2 aromatic carbocycles. The molecule has 2 heterocycles. The molecule has 32 heavy (non-hydrogen) atoms. The Labute approximate surface area is 191 Å². The van der Waals surface area contributed by atoms with Crippen LogP contribution in [0.15, 0.2) is 42.5 Å². The number of fused-ring (bicyclic) bond motifs is 2. The standard InChI is InChI=1S/C26H34N2O4/c1-5-30-24-15-20(11-12-23(24)32-19(2)25(29)27(3)4)16-28-14-8-13-26(18-28)22-10-7-6-9-21(22)17-31-26/h6-7,9-12,15,19H,5,8,13-14,16-18H2,1-4H3. The third-order valence-electron chi connectivity index (χ3n) is 6.35. The van der Waals surface area contributed by atoms with E-state index in [-0.39, 0.29) is 11.5 Å². The van der Waals surface area contributed by atoms with Gasteiger partial charge in [-0.15, -0.1) is 0 Å². The second-order valence-corrected chi connectivity index (χ2v) is 8.96. The lowest BCUT2D eigenvalue weighted by molar-refractivity contribution is -0.135. The van der Waals surface area contributed by atoms with Gasteiger partial charge in [-0.2, -0.15) is 0 Å². The fourth-order valence-electron chi connectivity index (χ4n) is 4.84. The van der Waals surface area contributed by atoms with Crippen molar-refractivity contribution in [2.75, 3.05) is 33.8 Å². The molecule has 2 aliphatic rings. The van der Waals surface area contributed by atoms with Gasteiger partial charge in [0.2, 0.25) is 0 Å². The Kier molecular flexibility index (Phi) is 6.72. The molecule has 0 bridgehead atoms. The summed E-state index contributed by atoms with van der Waals surface area (Å²) in [6.45, 7) is 7.71. The molecule has 4 rings (SSSR count). The molecule has 0 N–H and O–H groups in total. The quantitative estimate of drug-likeness (QED) is 0.655. The second kappa shape index (κ2) is 9.51. The van der Waals surface area contributed by atoms with E-state index in [1.165, 1.54) is 16.0 Å². The van der Waals surface area contributed by atoms with Gasteiger partial charge in [0.25, 0.3) is 5.91 Å². The van der Waals surface area contributed by atoms with Crippen LogP contribution in [-0.4, -0.2) is 55.6 Å². The van der Waals surface area contributed by atoms with E-state index in [0.29, 0.717) is 24.7 Å². The van der Waals surface area contributed by atoms with E-state index in [1.807, 2.05) is 19.1 Å². The predicted molar refractivity (Wildman–Crippen MR) is 124 cm³/mol. The summed E-state index contributed by atoms with van der Waals surface area (Å²) in [6, 6.07) is 14.6. The van der Waals surface area contributed by atoms with Crippen LogP contribution in [0.4, 0.5) is 0 Å². The zero-order valence-corrected chi connectivity index (χ0v) is 19.6. The third-order valence-corrected chi connectivity index (χ3v) is 6.35. The summed E-state index contributed by atoms with van der Waals surface area (Å²) in [6.07, 6.45) is 1.60. The topological polar surface area (TPSA) is 51.2 Å². The van der Waals surface area contributed by atoms with E-state index < -0.39 is 6.10 Å². The van der Waals surface area contributed by atoms with Crippen molar-refractivity contribution in [3.8, 4) is 11.5 Å². The highest BCUT2D eigenvalue weighted by atomic mass is 16.5. The molecular formula is C26H34N2O4. The minimum atomic E-state index is -0.573. The van der Waals surface area contributed by atoms with Crippen LogP contribution in [0.25, 0.3) is 0 Å². The van der Waals surface area contributed by atoms with Crippen LogP contribution in [0.3, 0.4) is 0 Å². The van der Waals surface area contributed by atoms with Crippen LogP contribution in [-0.2, 0) is 28.3 Å². The van der Waals surface area contributed by atoms with Gasteiger partial charge in [0.05, 0.1) is 13.2 Å². The average Bonchev–Trinajstić information content (AvgIpc) is 3.13. The van der Waals surface area contributed by atoms with Crippen molar-refractivity contribution in [3.63, 3.8) is 0 Å². The monoisotopic (exact) mass is 438 g/mol. The molecule has 1 saturated heterocycles. The Balaban J connectivity index is 1.48. The number of likely N-dealkylation sites (N-methyl/N-ethyl adjacent to an activating group) is 1. The number of hydrogen-bond acceptors (Lipinski definition) is 5. The molecule has 1 spiro atoms. The number of carbonyl (C=O) groups is 1. The first-order valence-corrected chi connectivity index (χ1v) is 11.5. The Bertz CT molecular complexity index is 957. The van der Waals surface area contributed by atoms with Gasteiger partial charge >= 0.3 is 0 Å². The van der Waals surface area contributed by atoms with Crippen LogP contribution in [0.2, 0.25) is 0 Å². The van der Waals surface area contributed by atoms with Crippen molar-refractivity contribution in [2.24, 2.45) is 0 Å². The third kappa shape index (κ3) is 4.62. The number of amides is 1. The molecule has 6 heteroatoms. The summed E-state index contributed by atoms with van der Waals surface area (Å²) in [5, 5.41) is 0. The lowest BCUT2D eigenvalue weighted by atomic mass is 9.85. The first-order chi connectivity index (χ1) is 15.4. The Morgan fingerprint density at radius 2 is 2.03 bits per heavy atom. The molecular weight excluding hydrogens is 404 g/mol. The number of benzene rings is 2. The molecule has 1 amide bonds. The first kappa shape index (κ1) is 22.6. The lowest BCUT2D eigenvalue weighted by Crippen LogP contribution is -2.45. The van der Waals surface area contributed by atoms with E-state index >= 15 is 0 Å². The molecule has 2 aliphatic heterocycles. The minimum Gasteiger partial charge on any atom is -0.490 e. The predicted octanol–water partition coefficient (Wildman–Crippen LogP) is 3.96. The van der Waals surface area contributed by atoms with Crippen molar-refractivity contribution >= 4 is 5.91 Å². The minimum absolute atomic E-state index is 0.0769. The summed E-state index contributed by atoms with van der Waals surface area (Å²) in [4.78, 5) is 16.2. The molecule has 0 aliphatic carbocycles. The van der Waals surface area contributed by atoms with Crippen LogP contribution in [0.5, 0.6) is 11.5 Å². The van der Waals surface area contributed by atoms with Crippen molar-refractivity contribution in [3.05, 3.63) is 59.2 Å². The van der Waals surface area contributed by atoms with Crippen LogP contribution >= 0.6 is 0 Å². The van der Waals surface area contributed by atoms with Gasteiger partial charge in [0, 0.05) is 27.2 Å². The molecule has 0 aromatic heterocycles. The maximum atomic E-state index is 12.2. The highest BCUT2D eigenvalue weighted by molar-refractivity contribution is 5.80. The average molecular weight is 439 g/mol. The number of likely N-dealkylation sites (tertiary alicyclic amines) is 1. The number of nitrogens with zero attached hydrogens (tertiary/aromatic N) is 2. The highest BCUT2D eigenvalue weighted by Crippen LogP contribution is 2.43. The van der Waals surface area contributed by atoms with Crippen LogP contribution in [0.1, 0.15) is 43.4 Å². The number of ether oxygens (including phenoxy) is 3. The Morgan fingerprint density at radius 3 is 2.81 bits per heavy atom. The van der Waals surface area contributed by atoms with E-state index in [2.05, 4.69) is 35.2 Å². The maximum Gasteiger partial charge on any atom is 0.262 e. The Hall–Kier alpha value is -2.57. The van der Waals surface area contributed by atoms with Gasteiger partial charge in [0.15, 0.2) is 17.6 Å². The second-order valence-electron chi connectivity index (χ2n) is 8.96. The summed E-state index contributed by atoms with van der Waals surface area (Å²) in [7, 11) is 3.46. The normalized spacial score (nSPS) is 21.2. The fraction of sp³-hybridized carbons (Fsp3) is 0.500. The maximum absolute atomic E-state index is 12.2. The molecule has 0 radical (unpaired) electrons. The number of carbonyl (C=O) groups excluding carboxylic acids is 1. The van der Waals surface area contributed by atoms with Gasteiger partial charge in [-0.1, -0.05) is 30.3 Å². The molecule has 172 valence electrons. The molecule has 0 saturated carbocycles. The summed E-state index contributed by atoms with van der Waals surface area (Å²) < 4.78 is 18.2. The van der Waals surface area contributed by atoms with Crippen molar-refractivity contribution in [2.45, 2.75) is 51.5 Å². The van der Waals surface area contributed by atoms with Gasteiger partial charge in [-0.05, 0) is 62.1 Å². The summed E-state index contributed by atoms with van der Waals surface area (Å²) in [5.74, 6) is 1.20. The smallest absolute Gasteiger partial charge is 0.262 e. The molecule has 1 fully saturated rings. The van der Waals surface area contributed by atoms with E-state index in [4.69, 9.17) is 14.2 Å². The highest BCUT2D eigenvalue weighted by Gasteiger charge is 2.43. The van der Waals surface area contributed by atoms with E-state index in [0.717, 1.165) is 38.0 Å². The SMILES string of the molecule is CCOc1cc(CN2CCCC3(C2)OCc2ccccc23)ccc1OC(C)C(=O)N(C)C. The zero-order chi connectivity index (χ0) is 22.7. The van der Waals surface area contributed by atoms with Gasteiger partial charge in [-0.25, -0.2) is 0 Å². The van der Waals surface area contributed by atoms with Crippen molar-refractivity contribution < 1.29 is 19.0 Å². The van der Waals surface area contributed by atoms with Crippen molar-refractivity contribution in [1.82, 2.24) is 9.80 Å². The van der Waals surface area contributed by atoms with E-state index in [1.54, 1.807) is 21.0 Å². The van der Waals surface area contributed by atoms with E-state index in [9.17, 15) is 4.79 Å². The zero-order valence-electron chi connectivity index (χ0n) is 19.6. The molecule has 2 atom stereocenters. The van der Waals surface area contributed by atoms with Gasteiger partial charge < -0.3 is 19.1 Å². The molecule has 2 unspecified atom stereocenters. The number of hydrogen-bond donors (Lipinski definition) is 0. The summed E-state index contributed by atoms with van der Waals surface area (Å²) in [5.41, 5.74) is 3.64. The first-order valence-electron chi connectivity index (χ1n) is 11.5. The molecule has 6 nitrogen and oxygen atoms in total. The van der Waals surface area contributed by atoms with Crippen molar-refractivity contribution in [1.29, 1.82) is 0 Å². The number of piperidine rings is 1.